The monoisotopic (exact) mass is 216 g/mol. The number of nitrogens with one attached hydrogen (secondary N) is 1. The van der Waals surface area contributed by atoms with Crippen molar-refractivity contribution in [3.8, 4) is 0 Å². The Hall–Kier alpha value is -1.14. The molecule has 0 unspecified atom stereocenters. The summed E-state index contributed by atoms with van der Waals surface area (Å²) in [5.74, 6) is -0.274. The molecule has 1 aromatic heterocycles. The van der Waals surface area contributed by atoms with Gasteiger partial charge in [0.25, 0.3) is 5.56 Å². The highest BCUT2D eigenvalue weighted by Gasteiger charge is 2.16. The summed E-state index contributed by atoms with van der Waals surface area (Å²) in [5.41, 5.74) is -0.640. The summed E-state index contributed by atoms with van der Waals surface area (Å²) in [6.07, 6.45) is 1.38. The summed E-state index contributed by atoms with van der Waals surface area (Å²) in [4.78, 5) is 13.1. The molecule has 1 aromatic rings. The predicted molar refractivity (Wildman–Crippen MR) is 49.3 cm³/mol. The number of sulfone groups is 1. The van der Waals surface area contributed by atoms with E-state index in [1.165, 1.54) is 18.3 Å². The fourth-order valence-electron chi connectivity index (χ4n) is 1.01. The standard InChI is InChI=1S/C8H10NO4S/c10-5-2-6-14(12,13)7-3-1-4-9-8(7)11/h1,3-4H,2,5-6H2,(H,9,11). The SMILES string of the molecule is [O]CCCS(=O)(=O)c1ccc[nH]c1=O. The van der Waals surface area contributed by atoms with Gasteiger partial charge in [-0.2, -0.15) is 0 Å². The Kier molecular flexibility index (Phi) is 3.43. The number of aromatic nitrogens is 1. The molecule has 0 aromatic carbocycles. The number of rotatable bonds is 4. The van der Waals surface area contributed by atoms with Crippen molar-refractivity contribution in [2.24, 2.45) is 0 Å². The van der Waals surface area contributed by atoms with Crippen molar-refractivity contribution in [2.45, 2.75) is 11.3 Å². The van der Waals surface area contributed by atoms with Crippen LogP contribution in [0.25, 0.3) is 0 Å². The van der Waals surface area contributed by atoms with E-state index in [2.05, 4.69) is 4.98 Å². The smallest absolute Gasteiger partial charge is 0.266 e. The van der Waals surface area contributed by atoms with E-state index in [-0.39, 0.29) is 17.1 Å². The van der Waals surface area contributed by atoms with Gasteiger partial charge in [-0.3, -0.25) is 4.79 Å². The largest absolute Gasteiger partial charge is 0.328 e. The summed E-state index contributed by atoms with van der Waals surface area (Å²) in [7, 11) is -3.60. The van der Waals surface area contributed by atoms with Gasteiger partial charge in [-0.25, -0.2) is 13.5 Å². The van der Waals surface area contributed by atoms with Crippen molar-refractivity contribution in [3.63, 3.8) is 0 Å². The molecule has 0 aliphatic carbocycles. The van der Waals surface area contributed by atoms with E-state index in [1.54, 1.807) is 0 Å². The number of aromatic amines is 1. The molecule has 0 bridgehead atoms. The third-order valence-corrected chi connectivity index (χ3v) is 3.49. The highest BCUT2D eigenvalue weighted by Crippen LogP contribution is 2.05. The van der Waals surface area contributed by atoms with Crippen LogP contribution in [0.1, 0.15) is 6.42 Å². The van der Waals surface area contributed by atoms with Crippen LogP contribution >= 0.6 is 0 Å². The lowest BCUT2D eigenvalue weighted by atomic mass is 10.5. The molecule has 1 radical (unpaired) electrons. The van der Waals surface area contributed by atoms with E-state index in [1.807, 2.05) is 0 Å². The van der Waals surface area contributed by atoms with E-state index in [4.69, 9.17) is 0 Å². The summed E-state index contributed by atoms with van der Waals surface area (Å²) in [5, 5.41) is 10.1. The summed E-state index contributed by atoms with van der Waals surface area (Å²) in [6.45, 7) is -0.454. The van der Waals surface area contributed by atoms with E-state index < -0.39 is 22.0 Å². The molecule has 1 heterocycles. The van der Waals surface area contributed by atoms with Crippen LogP contribution in [0.15, 0.2) is 28.0 Å². The second kappa shape index (κ2) is 4.39. The van der Waals surface area contributed by atoms with Crippen molar-refractivity contribution in [2.75, 3.05) is 12.4 Å². The van der Waals surface area contributed by atoms with Crippen LogP contribution in [0.2, 0.25) is 0 Å². The Morgan fingerprint density at radius 2 is 2.07 bits per heavy atom. The van der Waals surface area contributed by atoms with Gasteiger partial charge in [-0.05, 0) is 18.6 Å². The van der Waals surface area contributed by atoms with Crippen molar-refractivity contribution < 1.29 is 13.5 Å². The second-order valence-electron chi connectivity index (χ2n) is 2.74. The topological polar surface area (TPSA) is 86.9 Å². The molecule has 0 spiro atoms. The molecule has 0 atom stereocenters. The van der Waals surface area contributed by atoms with Gasteiger partial charge >= 0.3 is 0 Å². The van der Waals surface area contributed by atoms with Crippen molar-refractivity contribution in [3.05, 3.63) is 28.7 Å². The third kappa shape index (κ3) is 2.43. The molecule has 1 rings (SSSR count). The quantitative estimate of drug-likeness (QED) is 0.766. The highest BCUT2D eigenvalue weighted by atomic mass is 32.2. The maximum absolute atomic E-state index is 11.5. The fraction of sp³-hybridized carbons (Fsp3) is 0.375. The lowest BCUT2D eigenvalue weighted by Gasteiger charge is -2.00. The maximum Gasteiger partial charge on any atom is 0.266 e. The van der Waals surface area contributed by atoms with E-state index >= 15 is 0 Å². The number of hydrogen-bond donors (Lipinski definition) is 1. The van der Waals surface area contributed by atoms with Crippen molar-refractivity contribution in [1.82, 2.24) is 4.98 Å². The van der Waals surface area contributed by atoms with Crippen molar-refractivity contribution in [1.29, 1.82) is 0 Å². The number of pyridine rings is 1. The number of H-pyrrole nitrogens is 1. The van der Waals surface area contributed by atoms with Crippen LogP contribution in [0.3, 0.4) is 0 Å². The molecule has 14 heavy (non-hydrogen) atoms. The zero-order valence-corrected chi connectivity index (χ0v) is 8.21. The molecular formula is C8H10NO4S. The second-order valence-corrected chi connectivity index (χ2v) is 4.82. The van der Waals surface area contributed by atoms with Crippen LogP contribution in [0.4, 0.5) is 0 Å². The van der Waals surface area contributed by atoms with Gasteiger partial charge in [0.15, 0.2) is 9.84 Å². The fourth-order valence-corrected chi connectivity index (χ4v) is 2.36. The Morgan fingerprint density at radius 1 is 1.36 bits per heavy atom. The molecule has 0 amide bonds. The highest BCUT2D eigenvalue weighted by molar-refractivity contribution is 7.91. The molecule has 0 saturated heterocycles. The van der Waals surface area contributed by atoms with Gasteiger partial charge in [0, 0.05) is 6.20 Å². The average Bonchev–Trinajstić information content (AvgIpc) is 2.15. The predicted octanol–water partition coefficient (Wildman–Crippen LogP) is -0.0308. The molecular weight excluding hydrogens is 206 g/mol. The van der Waals surface area contributed by atoms with Crippen LogP contribution in [0, 0.1) is 0 Å². The zero-order chi connectivity index (χ0) is 10.6. The minimum atomic E-state index is -3.60. The Labute approximate surface area is 81.3 Å². The summed E-state index contributed by atoms with van der Waals surface area (Å²) < 4.78 is 22.9. The molecule has 6 heteroatoms. The van der Waals surface area contributed by atoms with Gasteiger partial charge in [0.1, 0.15) is 4.90 Å². The van der Waals surface area contributed by atoms with Gasteiger partial charge in [-0.1, -0.05) is 0 Å². The zero-order valence-electron chi connectivity index (χ0n) is 7.39. The number of hydrogen-bond acceptors (Lipinski definition) is 3. The van der Waals surface area contributed by atoms with E-state index in [9.17, 15) is 18.3 Å². The average molecular weight is 216 g/mol. The first kappa shape index (κ1) is 10.9. The van der Waals surface area contributed by atoms with Gasteiger partial charge in [0.2, 0.25) is 0 Å². The van der Waals surface area contributed by atoms with E-state index in [0.717, 1.165) is 0 Å². The molecule has 0 saturated carbocycles. The molecule has 0 aliphatic heterocycles. The van der Waals surface area contributed by atoms with Gasteiger partial charge in [-0.15, -0.1) is 0 Å². The molecule has 0 fully saturated rings. The van der Waals surface area contributed by atoms with Crippen LogP contribution < -0.4 is 5.56 Å². The molecule has 77 valence electrons. The lowest BCUT2D eigenvalue weighted by Crippen LogP contribution is -2.19. The maximum atomic E-state index is 11.5. The van der Waals surface area contributed by atoms with Crippen LogP contribution in [0.5, 0.6) is 0 Å². The summed E-state index contributed by atoms with van der Waals surface area (Å²) in [6, 6.07) is 2.67. The molecule has 0 aliphatic rings. The summed E-state index contributed by atoms with van der Waals surface area (Å²) >= 11 is 0. The lowest BCUT2D eigenvalue weighted by molar-refractivity contribution is 0.194. The van der Waals surface area contributed by atoms with Crippen molar-refractivity contribution >= 4 is 9.84 Å². The molecule has 5 nitrogen and oxygen atoms in total. The van der Waals surface area contributed by atoms with Gasteiger partial charge in [0.05, 0.1) is 12.4 Å². The first-order valence-corrected chi connectivity index (χ1v) is 5.72. The first-order chi connectivity index (χ1) is 6.58. The molecule has 1 N–H and O–H groups in total. The normalized spacial score (nSPS) is 11.5. The van der Waals surface area contributed by atoms with E-state index in [0.29, 0.717) is 0 Å². The Balaban J connectivity index is 3.05. The Morgan fingerprint density at radius 3 is 2.64 bits per heavy atom. The first-order valence-electron chi connectivity index (χ1n) is 4.06. The Bertz CT molecular complexity index is 448. The third-order valence-electron chi connectivity index (χ3n) is 1.67. The minimum Gasteiger partial charge on any atom is -0.328 e. The van der Waals surface area contributed by atoms with Crippen LogP contribution in [-0.2, 0) is 14.9 Å². The van der Waals surface area contributed by atoms with Gasteiger partial charge < -0.3 is 4.98 Å². The minimum absolute atomic E-state index is 0.0245. The van der Waals surface area contributed by atoms with Crippen LogP contribution in [-0.4, -0.2) is 25.8 Å².